The number of nitrogens with zero attached hydrogens (tertiary/aromatic N) is 2. The highest BCUT2D eigenvalue weighted by Gasteiger charge is 2.40. The number of nitrogens with one attached hydrogen (secondary N) is 1. The van der Waals surface area contributed by atoms with Crippen molar-refractivity contribution < 1.29 is 22.8 Å². The molecule has 0 unspecified atom stereocenters. The van der Waals surface area contributed by atoms with Crippen LogP contribution in [-0.4, -0.2) is 54.5 Å². The van der Waals surface area contributed by atoms with Crippen molar-refractivity contribution in [1.29, 1.82) is 0 Å². The summed E-state index contributed by atoms with van der Waals surface area (Å²) >= 11 is 6.00. The van der Waals surface area contributed by atoms with E-state index in [2.05, 4.69) is 5.32 Å². The van der Waals surface area contributed by atoms with Crippen molar-refractivity contribution in [2.24, 2.45) is 5.92 Å². The monoisotopic (exact) mass is 533 g/mol. The van der Waals surface area contributed by atoms with E-state index in [1.54, 1.807) is 36.4 Å². The van der Waals surface area contributed by atoms with E-state index in [1.165, 1.54) is 17.0 Å². The lowest BCUT2D eigenvalue weighted by Gasteiger charge is -2.31. The van der Waals surface area contributed by atoms with E-state index in [9.17, 15) is 22.8 Å². The number of sulfonamides is 1. The molecule has 2 aromatic rings. The predicted octanol–water partition coefficient (Wildman–Crippen LogP) is 3.84. The van der Waals surface area contributed by atoms with E-state index in [-0.39, 0.29) is 54.1 Å². The maximum absolute atomic E-state index is 13.4. The first-order chi connectivity index (χ1) is 17.1. The highest BCUT2D eigenvalue weighted by Crippen LogP contribution is 2.30. The highest BCUT2D eigenvalue weighted by molar-refractivity contribution is 7.90. The second kappa shape index (κ2) is 11.9. The van der Waals surface area contributed by atoms with Crippen LogP contribution in [0.3, 0.4) is 0 Å². The third kappa shape index (κ3) is 6.25. The van der Waals surface area contributed by atoms with Gasteiger partial charge in [-0.05, 0) is 48.6 Å². The van der Waals surface area contributed by atoms with E-state index in [0.717, 1.165) is 9.87 Å². The summed E-state index contributed by atoms with van der Waals surface area (Å²) in [5.74, 6) is -0.856. The van der Waals surface area contributed by atoms with Gasteiger partial charge in [0.15, 0.2) is 0 Å². The largest absolute Gasteiger partial charge is 0.354 e. The molecule has 1 aliphatic rings. The summed E-state index contributed by atoms with van der Waals surface area (Å²) in [4.78, 5) is 40.5. The van der Waals surface area contributed by atoms with Crippen molar-refractivity contribution in [2.45, 2.75) is 57.5 Å². The molecule has 36 heavy (non-hydrogen) atoms. The van der Waals surface area contributed by atoms with Crippen LogP contribution in [0.2, 0.25) is 5.02 Å². The average molecular weight is 534 g/mol. The Morgan fingerprint density at radius 3 is 2.36 bits per heavy atom. The summed E-state index contributed by atoms with van der Waals surface area (Å²) in [5, 5.41) is 3.47. The van der Waals surface area contributed by atoms with Gasteiger partial charge in [-0.25, -0.2) is 12.7 Å². The molecule has 3 amide bonds. The van der Waals surface area contributed by atoms with Gasteiger partial charge in [-0.1, -0.05) is 56.6 Å². The molecule has 0 saturated heterocycles. The van der Waals surface area contributed by atoms with Crippen LogP contribution in [0.5, 0.6) is 0 Å². The number of fused-ring (bicyclic) bond motifs is 1. The van der Waals surface area contributed by atoms with Gasteiger partial charge < -0.3 is 10.2 Å². The lowest BCUT2D eigenvalue weighted by molar-refractivity contribution is -0.141. The van der Waals surface area contributed by atoms with E-state index < -0.39 is 22.0 Å². The Labute approximate surface area is 217 Å². The van der Waals surface area contributed by atoms with Crippen LogP contribution in [0.25, 0.3) is 0 Å². The van der Waals surface area contributed by atoms with Gasteiger partial charge in [-0.2, -0.15) is 0 Å². The van der Waals surface area contributed by atoms with E-state index in [0.29, 0.717) is 18.0 Å². The lowest BCUT2D eigenvalue weighted by atomic mass is 10.1. The van der Waals surface area contributed by atoms with Crippen molar-refractivity contribution in [1.82, 2.24) is 14.5 Å². The Morgan fingerprint density at radius 2 is 1.75 bits per heavy atom. The zero-order valence-electron chi connectivity index (χ0n) is 20.7. The minimum absolute atomic E-state index is 0.0152. The molecule has 10 heteroatoms. The Kier molecular flexibility index (Phi) is 9.13. The predicted molar refractivity (Wildman–Crippen MR) is 138 cm³/mol. The number of amides is 3. The van der Waals surface area contributed by atoms with Gasteiger partial charge >= 0.3 is 0 Å². The van der Waals surface area contributed by atoms with Gasteiger partial charge in [-0.15, -0.1) is 0 Å². The summed E-state index contributed by atoms with van der Waals surface area (Å²) < 4.78 is 26.4. The van der Waals surface area contributed by atoms with Crippen molar-refractivity contribution in [3.8, 4) is 0 Å². The zero-order valence-corrected chi connectivity index (χ0v) is 22.3. The molecular formula is C26H32ClN3O5S. The quantitative estimate of drug-likeness (QED) is 0.472. The third-order valence-corrected chi connectivity index (χ3v) is 8.09. The topological polar surface area (TPSA) is 104 Å². The van der Waals surface area contributed by atoms with Gasteiger partial charge in [0.1, 0.15) is 10.9 Å². The summed E-state index contributed by atoms with van der Waals surface area (Å²) in [6.45, 7) is 6.40. The second-order valence-electron chi connectivity index (χ2n) is 9.19. The molecule has 0 fully saturated rings. The number of hydrogen-bond donors (Lipinski definition) is 1. The summed E-state index contributed by atoms with van der Waals surface area (Å²) in [6.07, 6.45) is 0.535. The summed E-state index contributed by atoms with van der Waals surface area (Å²) in [7, 11) is -3.93. The summed E-state index contributed by atoms with van der Waals surface area (Å²) in [6, 6.07) is 12.4. The van der Waals surface area contributed by atoms with Crippen molar-refractivity contribution >= 4 is 39.3 Å². The molecule has 194 valence electrons. The maximum Gasteiger partial charge on any atom is 0.269 e. The first kappa shape index (κ1) is 27.7. The molecule has 3 rings (SSSR count). The molecule has 1 heterocycles. The number of hydrogen-bond acceptors (Lipinski definition) is 5. The van der Waals surface area contributed by atoms with Gasteiger partial charge in [-0.3, -0.25) is 14.4 Å². The molecule has 0 spiro atoms. The third-order valence-electron chi connectivity index (χ3n) is 6.00. The fraction of sp³-hybridized carbons (Fsp3) is 0.423. The SMILES string of the molecule is CC[C@H](C(=O)NCC(C)C)N(Cc1ccc(Cl)cc1)C(=O)CCCN1C(=O)c2ccccc2S1(=O)=O. The number of carbonyl (C=O) groups excluding carboxylic acids is 3. The number of halogens is 1. The molecule has 2 aromatic carbocycles. The molecule has 0 aromatic heterocycles. The van der Waals surface area contributed by atoms with Crippen LogP contribution >= 0.6 is 11.6 Å². The Bertz CT molecular complexity index is 1210. The molecule has 0 bridgehead atoms. The van der Waals surface area contributed by atoms with E-state index >= 15 is 0 Å². The zero-order chi connectivity index (χ0) is 26.5. The standard InChI is InChI=1S/C26H32ClN3O5S/c1-4-22(25(32)28-16-18(2)3)29(17-19-11-13-20(27)14-12-19)24(31)10-7-15-30-26(33)21-8-5-6-9-23(21)36(30,34)35/h5-6,8-9,11-14,18,22H,4,7,10,15-17H2,1-3H3,(H,28,32)/t22-/m1/s1. The molecule has 1 N–H and O–H groups in total. The molecule has 8 nitrogen and oxygen atoms in total. The number of rotatable bonds is 11. The molecule has 1 aliphatic heterocycles. The normalized spacial score (nSPS) is 15.0. The van der Waals surface area contributed by atoms with Gasteiger partial charge in [0.05, 0.1) is 5.56 Å². The van der Waals surface area contributed by atoms with Crippen LogP contribution in [0, 0.1) is 5.92 Å². The van der Waals surface area contributed by atoms with E-state index in [4.69, 9.17) is 11.6 Å². The molecule has 1 atom stereocenters. The molecular weight excluding hydrogens is 502 g/mol. The van der Waals surface area contributed by atoms with Gasteiger partial charge in [0.2, 0.25) is 11.8 Å². The Morgan fingerprint density at radius 1 is 1.08 bits per heavy atom. The van der Waals surface area contributed by atoms with Crippen LogP contribution in [0.15, 0.2) is 53.4 Å². The molecule has 0 saturated carbocycles. The maximum atomic E-state index is 13.4. The first-order valence-electron chi connectivity index (χ1n) is 12.0. The van der Waals surface area contributed by atoms with Crippen molar-refractivity contribution in [2.75, 3.05) is 13.1 Å². The minimum Gasteiger partial charge on any atom is -0.354 e. The van der Waals surface area contributed by atoms with Crippen molar-refractivity contribution in [3.05, 3.63) is 64.7 Å². The van der Waals surface area contributed by atoms with Crippen LogP contribution < -0.4 is 5.32 Å². The van der Waals surface area contributed by atoms with Gasteiger partial charge in [0, 0.05) is 31.1 Å². The summed E-state index contributed by atoms with van der Waals surface area (Å²) in [5.41, 5.74) is 0.955. The van der Waals surface area contributed by atoms with Crippen LogP contribution in [0.1, 0.15) is 56.0 Å². The number of carbonyl (C=O) groups is 3. The minimum atomic E-state index is -3.93. The lowest BCUT2D eigenvalue weighted by Crippen LogP contribution is -2.49. The average Bonchev–Trinajstić information content (AvgIpc) is 3.04. The molecule has 0 radical (unpaired) electrons. The van der Waals surface area contributed by atoms with E-state index in [1.807, 2.05) is 20.8 Å². The Hall–Kier alpha value is -2.91. The fourth-order valence-corrected chi connectivity index (χ4v) is 5.83. The molecule has 0 aliphatic carbocycles. The van der Waals surface area contributed by atoms with Gasteiger partial charge in [0.25, 0.3) is 15.9 Å². The Balaban J connectivity index is 1.73. The fourth-order valence-electron chi connectivity index (χ4n) is 4.10. The number of benzene rings is 2. The van der Waals surface area contributed by atoms with Crippen LogP contribution in [0.4, 0.5) is 0 Å². The smallest absolute Gasteiger partial charge is 0.269 e. The highest BCUT2D eigenvalue weighted by atomic mass is 35.5. The second-order valence-corrected chi connectivity index (χ2v) is 11.5. The van der Waals surface area contributed by atoms with Crippen LogP contribution in [-0.2, 0) is 26.2 Å². The first-order valence-corrected chi connectivity index (χ1v) is 13.9. The van der Waals surface area contributed by atoms with Crippen molar-refractivity contribution in [3.63, 3.8) is 0 Å².